The molecule has 104 valence electrons. The molecule has 0 unspecified atom stereocenters. The number of fused-ring (bicyclic) bond motifs is 1. The Morgan fingerprint density at radius 2 is 2.10 bits per heavy atom. The van der Waals surface area contributed by atoms with Crippen molar-refractivity contribution in [1.29, 1.82) is 5.26 Å². The summed E-state index contributed by atoms with van der Waals surface area (Å²) in [6.07, 6.45) is 1.89. The Morgan fingerprint density at radius 3 is 2.95 bits per heavy atom. The monoisotopic (exact) mass is 278 g/mol. The van der Waals surface area contributed by atoms with Gasteiger partial charge in [-0.1, -0.05) is 12.1 Å². The molecule has 0 aliphatic carbocycles. The standard InChI is InChI=1S/C17H14N2O2/c18-11-14-4-1-2-6-15(14)19-17(20)13-7-8-16-12(10-13)5-3-9-21-16/h1-2,4,6-8,10H,3,5,9H2,(H,19,20). The summed E-state index contributed by atoms with van der Waals surface area (Å²) >= 11 is 0. The lowest BCUT2D eigenvalue weighted by molar-refractivity contribution is 0.102. The van der Waals surface area contributed by atoms with Crippen LogP contribution < -0.4 is 10.1 Å². The molecule has 2 aromatic carbocycles. The average molecular weight is 278 g/mol. The summed E-state index contributed by atoms with van der Waals surface area (Å²) in [7, 11) is 0. The Labute approximate surface area is 123 Å². The third-order valence-corrected chi connectivity index (χ3v) is 3.47. The highest BCUT2D eigenvalue weighted by molar-refractivity contribution is 6.05. The zero-order chi connectivity index (χ0) is 14.7. The van der Waals surface area contributed by atoms with E-state index in [0.29, 0.717) is 16.8 Å². The van der Waals surface area contributed by atoms with Gasteiger partial charge in [0.25, 0.3) is 5.91 Å². The molecule has 0 saturated heterocycles. The molecule has 1 N–H and O–H groups in total. The molecule has 2 aromatic rings. The van der Waals surface area contributed by atoms with Gasteiger partial charge >= 0.3 is 0 Å². The maximum atomic E-state index is 12.3. The lowest BCUT2D eigenvalue weighted by Crippen LogP contribution is -2.15. The molecule has 0 spiro atoms. The first-order chi connectivity index (χ1) is 10.3. The number of amides is 1. The SMILES string of the molecule is N#Cc1ccccc1NC(=O)c1ccc2c(c1)CCCO2. The van der Waals surface area contributed by atoms with Crippen molar-refractivity contribution < 1.29 is 9.53 Å². The van der Waals surface area contributed by atoms with Crippen LogP contribution in [0, 0.1) is 11.3 Å². The fourth-order valence-corrected chi connectivity index (χ4v) is 2.39. The second-order valence-electron chi connectivity index (χ2n) is 4.89. The minimum Gasteiger partial charge on any atom is -0.493 e. The fraction of sp³-hybridized carbons (Fsp3) is 0.176. The van der Waals surface area contributed by atoms with Gasteiger partial charge in [0.1, 0.15) is 11.8 Å². The summed E-state index contributed by atoms with van der Waals surface area (Å²) in [4.78, 5) is 12.3. The molecule has 0 fully saturated rings. The molecule has 0 saturated carbocycles. The van der Waals surface area contributed by atoms with Gasteiger partial charge in [0.2, 0.25) is 0 Å². The summed E-state index contributed by atoms with van der Waals surface area (Å²) in [5.41, 5.74) is 2.61. The van der Waals surface area contributed by atoms with Gasteiger partial charge in [-0.15, -0.1) is 0 Å². The number of para-hydroxylation sites is 1. The Hall–Kier alpha value is -2.80. The van der Waals surface area contributed by atoms with Crippen molar-refractivity contribution in [3.63, 3.8) is 0 Å². The van der Waals surface area contributed by atoms with Crippen molar-refractivity contribution in [2.75, 3.05) is 11.9 Å². The Balaban J connectivity index is 1.84. The first kappa shape index (κ1) is 13.2. The molecule has 21 heavy (non-hydrogen) atoms. The number of hydrogen-bond acceptors (Lipinski definition) is 3. The number of carbonyl (C=O) groups is 1. The molecule has 1 heterocycles. The first-order valence-corrected chi connectivity index (χ1v) is 6.84. The van der Waals surface area contributed by atoms with Gasteiger partial charge in [-0.05, 0) is 48.7 Å². The molecular formula is C17H14N2O2. The maximum Gasteiger partial charge on any atom is 0.255 e. The number of rotatable bonds is 2. The smallest absolute Gasteiger partial charge is 0.255 e. The topological polar surface area (TPSA) is 62.1 Å². The van der Waals surface area contributed by atoms with Crippen LogP contribution >= 0.6 is 0 Å². The van der Waals surface area contributed by atoms with E-state index in [2.05, 4.69) is 11.4 Å². The summed E-state index contributed by atoms with van der Waals surface area (Å²) < 4.78 is 5.54. The van der Waals surface area contributed by atoms with Gasteiger partial charge in [0.05, 0.1) is 17.9 Å². The summed E-state index contributed by atoms with van der Waals surface area (Å²) in [5, 5.41) is 11.8. The van der Waals surface area contributed by atoms with E-state index in [1.54, 1.807) is 30.3 Å². The molecular weight excluding hydrogens is 264 g/mol. The summed E-state index contributed by atoms with van der Waals surface area (Å²) in [6.45, 7) is 0.730. The van der Waals surface area contributed by atoms with Gasteiger partial charge in [-0.2, -0.15) is 5.26 Å². The number of hydrogen-bond donors (Lipinski definition) is 1. The van der Waals surface area contributed by atoms with Crippen LogP contribution in [0.3, 0.4) is 0 Å². The zero-order valence-electron chi connectivity index (χ0n) is 11.4. The van der Waals surface area contributed by atoms with Crippen LogP contribution in [0.25, 0.3) is 0 Å². The van der Waals surface area contributed by atoms with Gasteiger partial charge in [-0.3, -0.25) is 4.79 Å². The number of ether oxygens (including phenoxy) is 1. The molecule has 4 nitrogen and oxygen atoms in total. The molecule has 4 heteroatoms. The summed E-state index contributed by atoms with van der Waals surface area (Å²) in [6, 6.07) is 14.5. The van der Waals surface area contributed by atoms with Crippen LogP contribution in [0.4, 0.5) is 5.69 Å². The van der Waals surface area contributed by atoms with Crippen molar-refractivity contribution in [2.45, 2.75) is 12.8 Å². The van der Waals surface area contributed by atoms with Crippen LogP contribution in [0.15, 0.2) is 42.5 Å². The molecule has 0 aromatic heterocycles. The molecule has 3 rings (SSSR count). The van der Waals surface area contributed by atoms with Crippen LogP contribution in [0.1, 0.15) is 27.9 Å². The van der Waals surface area contributed by atoms with Gasteiger partial charge in [0, 0.05) is 5.56 Å². The maximum absolute atomic E-state index is 12.3. The Bertz CT molecular complexity index is 732. The van der Waals surface area contributed by atoms with Crippen LogP contribution in [0.5, 0.6) is 5.75 Å². The van der Waals surface area contributed by atoms with Crippen molar-refractivity contribution in [3.8, 4) is 11.8 Å². The third kappa shape index (κ3) is 2.72. The van der Waals surface area contributed by atoms with E-state index in [4.69, 9.17) is 10.00 Å². The highest BCUT2D eigenvalue weighted by Crippen LogP contribution is 2.26. The predicted molar refractivity (Wildman–Crippen MR) is 79.4 cm³/mol. The van der Waals surface area contributed by atoms with Crippen LogP contribution in [-0.2, 0) is 6.42 Å². The number of benzene rings is 2. The summed E-state index contributed by atoms with van der Waals surface area (Å²) in [5.74, 6) is 0.640. The van der Waals surface area contributed by atoms with E-state index in [9.17, 15) is 4.79 Å². The highest BCUT2D eigenvalue weighted by atomic mass is 16.5. The number of anilines is 1. The number of aryl methyl sites for hydroxylation is 1. The number of nitriles is 1. The van der Waals surface area contributed by atoms with E-state index >= 15 is 0 Å². The molecule has 1 amide bonds. The lowest BCUT2D eigenvalue weighted by atomic mass is 10.0. The van der Waals surface area contributed by atoms with Gasteiger partial charge in [-0.25, -0.2) is 0 Å². The minimum atomic E-state index is -0.217. The van der Waals surface area contributed by atoms with Crippen molar-refractivity contribution >= 4 is 11.6 Å². The zero-order valence-corrected chi connectivity index (χ0v) is 11.4. The van der Waals surface area contributed by atoms with Gasteiger partial charge in [0.15, 0.2) is 0 Å². The van der Waals surface area contributed by atoms with Crippen molar-refractivity contribution in [1.82, 2.24) is 0 Å². The van der Waals surface area contributed by atoms with E-state index in [1.807, 2.05) is 12.1 Å². The second kappa shape index (κ2) is 5.68. The predicted octanol–water partition coefficient (Wildman–Crippen LogP) is 3.14. The molecule has 1 aliphatic heterocycles. The lowest BCUT2D eigenvalue weighted by Gasteiger charge is -2.17. The van der Waals surface area contributed by atoms with Gasteiger partial charge < -0.3 is 10.1 Å². The quantitative estimate of drug-likeness (QED) is 0.918. The average Bonchev–Trinajstić information content (AvgIpc) is 2.55. The molecule has 1 aliphatic rings. The minimum absolute atomic E-state index is 0.217. The van der Waals surface area contributed by atoms with E-state index in [1.165, 1.54) is 0 Å². The van der Waals surface area contributed by atoms with Crippen molar-refractivity contribution in [2.24, 2.45) is 0 Å². The van der Waals surface area contributed by atoms with Crippen LogP contribution in [0.2, 0.25) is 0 Å². The van der Waals surface area contributed by atoms with E-state index < -0.39 is 0 Å². The molecule has 0 bridgehead atoms. The largest absolute Gasteiger partial charge is 0.493 e. The number of nitrogens with one attached hydrogen (secondary N) is 1. The van der Waals surface area contributed by atoms with Crippen LogP contribution in [-0.4, -0.2) is 12.5 Å². The van der Waals surface area contributed by atoms with E-state index in [0.717, 1.165) is 30.8 Å². The Kier molecular flexibility index (Phi) is 3.57. The number of nitrogens with zero attached hydrogens (tertiary/aromatic N) is 1. The second-order valence-corrected chi connectivity index (χ2v) is 4.89. The molecule has 0 atom stereocenters. The molecule has 0 radical (unpaired) electrons. The third-order valence-electron chi connectivity index (χ3n) is 3.47. The Morgan fingerprint density at radius 1 is 1.24 bits per heavy atom. The number of carbonyl (C=O) groups excluding carboxylic acids is 1. The first-order valence-electron chi connectivity index (χ1n) is 6.84. The normalized spacial score (nSPS) is 12.7. The van der Waals surface area contributed by atoms with Crippen molar-refractivity contribution in [3.05, 3.63) is 59.2 Å². The van der Waals surface area contributed by atoms with E-state index in [-0.39, 0.29) is 5.91 Å². The highest BCUT2D eigenvalue weighted by Gasteiger charge is 2.14. The fourth-order valence-electron chi connectivity index (χ4n) is 2.39.